The van der Waals surface area contributed by atoms with Crippen LogP contribution < -0.4 is 24.3 Å². The highest BCUT2D eigenvalue weighted by atomic mass is 16.5. The van der Waals surface area contributed by atoms with E-state index in [4.69, 9.17) is 23.4 Å². The molecule has 0 radical (unpaired) electrons. The van der Waals surface area contributed by atoms with Crippen molar-refractivity contribution in [2.24, 2.45) is 0 Å². The summed E-state index contributed by atoms with van der Waals surface area (Å²) in [5, 5.41) is 12.5. The minimum atomic E-state index is 0.111. The van der Waals surface area contributed by atoms with Gasteiger partial charge in [-0.25, -0.2) is 0 Å². The van der Waals surface area contributed by atoms with Gasteiger partial charge >= 0.3 is 0 Å². The monoisotopic (exact) mass is 423 g/mol. The molecule has 1 aromatic heterocycles. The maximum absolute atomic E-state index is 9.34. The lowest BCUT2D eigenvalue weighted by atomic mass is 10.1. The minimum Gasteiger partial charge on any atom is -0.494 e. The number of anilines is 1. The molecule has 0 aliphatic heterocycles. The van der Waals surface area contributed by atoms with E-state index < -0.39 is 0 Å². The molecule has 0 amide bonds. The fraction of sp³-hybridized carbons (Fsp3) is 0.304. The number of ether oxygens (including phenoxy) is 4. The Morgan fingerprint density at radius 1 is 1.00 bits per heavy atom. The van der Waals surface area contributed by atoms with E-state index in [0.29, 0.717) is 48.6 Å². The molecule has 0 aliphatic rings. The summed E-state index contributed by atoms with van der Waals surface area (Å²) in [6, 6.07) is 15.1. The Morgan fingerprint density at radius 3 is 2.35 bits per heavy atom. The number of rotatable bonds is 11. The lowest BCUT2D eigenvalue weighted by molar-refractivity contribution is 0.264. The predicted octanol–water partition coefficient (Wildman–Crippen LogP) is 4.20. The second-order valence-electron chi connectivity index (χ2n) is 6.46. The zero-order valence-corrected chi connectivity index (χ0v) is 17.8. The Balaban J connectivity index is 1.56. The molecule has 0 saturated heterocycles. The standard InChI is InChI=1S/C23H25N3O5/c1-4-29-17-6-8-18(9-7-17)30-15-22-26-19(14-24)23(31-22)25-12-11-16-5-10-20(27-2)21(13-16)28-3/h5-10,13,25H,4,11-12,15H2,1-3H3. The Morgan fingerprint density at radius 2 is 1.71 bits per heavy atom. The maximum atomic E-state index is 9.34. The van der Waals surface area contributed by atoms with Crippen molar-refractivity contribution >= 4 is 5.88 Å². The Labute approximate surface area is 181 Å². The molecule has 8 nitrogen and oxygen atoms in total. The molecule has 31 heavy (non-hydrogen) atoms. The number of aromatic nitrogens is 1. The van der Waals surface area contributed by atoms with Gasteiger partial charge in [-0.1, -0.05) is 6.07 Å². The second kappa shape index (κ2) is 10.8. The van der Waals surface area contributed by atoms with Gasteiger partial charge in [0.15, 0.2) is 18.1 Å². The topological polar surface area (TPSA) is 98.8 Å². The molecule has 2 aromatic carbocycles. The highest BCUT2D eigenvalue weighted by molar-refractivity contribution is 5.46. The number of nitriles is 1. The van der Waals surface area contributed by atoms with Crippen LogP contribution in [0.25, 0.3) is 0 Å². The molecule has 162 valence electrons. The first-order chi connectivity index (χ1) is 15.2. The largest absolute Gasteiger partial charge is 0.494 e. The zero-order chi connectivity index (χ0) is 22.1. The van der Waals surface area contributed by atoms with Crippen molar-refractivity contribution in [3.63, 3.8) is 0 Å². The number of methoxy groups -OCH3 is 2. The quantitative estimate of drug-likeness (QED) is 0.490. The SMILES string of the molecule is CCOc1ccc(OCc2nc(C#N)c(NCCc3ccc(OC)c(OC)c3)o2)cc1. The van der Waals surface area contributed by atoms with Crippen molar-refractivity contribution in [2.45, 2.75) is 20.0 Å². The Hall–Kier alpha value is -3.86. The van der Waals surface area contributed by atoms with Crippen molar-refractivity contribution in [3.8, 4) is 29.1 Å². The van der Waals surface area contributed by atoms with E-state index in [1.807, 2.05) is 43.3 Å². The van der Waals surface area contributed by atoms with Crippen LogP contribution >= 0.6 is 0 Å². The smallest absolute Gasteiger partial charge is 0.236 e. The lowest BCUT2D eigenvalue weighted by Crippen LogP contribution is -2.05. The molecule has 0 unspecified atom stereocenters. The van der Waals surface area contributed by atoms with E-state index in [0.717, 1.165) is 11.3 Å². The summed E-state index contributed by atoms with van der Waals surface area (Å²) < 4.78 is 27.3. The van der Waals surface area contributed by atoms with Crippen molar-refractivity contribution in [1.82, 2.24) is 4.98 Å². The lowest BCUT2D eigenvalue weighted by Gasteiger charge is -2.09. The average molecular weight is 423 g/mol. The van der Waals surface area contributed by atoms with Crippen LogP contribution in [0.2, 0.25) is 0 Å². The Kier molecular flexibility index (Phi) is 7.60. The Bertz CT molecular complexity index is 1020. The molecular formula is C23H25N3O5. The molecule has 0 spiro atoms. The summed E-state index contributed by atoms with van der Waals surface area (Å²) in [6.45, 7) is 3.20. The number of nitrogens with zero attached hydrogens (tertiary/aromatic N) is 2. The van der Waals surface area contributed by atoms with Crippen LogP contribution in [0.4, 0.5) is 5.88 Å². The number of hydrogen-bond donors (Lipinski definition) is 1. The van der Waals surface area contributed by atoms with Gasteiger partial charge in [-0.2, -0.15) is 10.2 Å². The van der Waals surface area contributed by atoms with Gasteiger partial charge in [0.2, 0.25) is 17.5 Å². The van der Waals surface area contributed by atoms with E-state index in [2.05, 4.69) is 10.3 Å². The van der Waals surface area contributed by atoms with Crippen molar-refractivity contribution in [2.75, 3.05) is 32.7 Å². The highest BCUT2D eigenvalue weighted by Crippen LogP contribution is 2.28. The summed E-state index contributed by atoms with van der Waals surface area (Å²) in [5.74, 6) is 3.43. The van der Waals surface area contributed by atoms with Crippen LogP contribution in [0.3, 0.4) is 0 Å². The van der Waals surface area contributed by atoms with E-state index in [1.54, 1.807) is 26.4 Å². The van der Waals surface area contributed by atoms with E-state index in [9.17, 15) is 5.26 Å². The molecule has 0 bridgehead atoms. The van der Waals surface area contributed by atoms with Crippen LogP contribution in [-0.2, 0) is 13.0 Å². The van der Waals surface area contributed by atoms with Gasteiger partial charge in [-0.15, -0.1) is 0 Å². The molecule has 8 heteroatoms. The minimum absolute atomic E-state index is 0.111. The maximum Gasteiger partial charge on any atom is 0.236 e. The number of benzene rings is 2. The molecule has 3 rings (SSSR count). The second-order valence-corrected chi connectivity index (χ2v) is 6.46. The highest BCUT2D eigenvalue weighted by Gasteiger charge is 2.13. The van der Waals surface area contributed by atoms with Gasteiger partial charge < -0.3 is 28.7 Å². The van der Waals surface area contributed by atoms with Gasteiger partial charge in [0, 0.05) is 6.54 Å². The van der Waals surface area contributed by atoms with Crippen LogP contribution in [0.15, 0.2) is 46.9 Å². The number of nitrogens with one attached hydrogen (secondary N) is 1. The number of oxazole rings is 1. The molecule has 1 N–H and O–H groups in total. The van der Waals surface area contributed by atoms with E-state index in [1.165, 1.54) is 0 Å². The first-order valence-corrected chi connectivity index (χ1v) is 9.87. The number of hydrogen-bond acceptors (Lipinski definition) is 8. The van der Waals surface area contributed by atoms with Gasteiger partial charge in [-0.3, -0.25) is 0 Å². The molecule has 3 aromatic rings. The fourth-order valence-corrected chi connectivity index (χ4v) is 2.92. The van der Waals surface area contributed by atoms with E-state index >= 15 is 0 Å². The molecule has 0 saturated carbocycles. The third-order valence-corrected chi connectivity index (χ3v) is 4.42. The van der Waals surface area contributed by atoms with Crippen LogP contribution in [0.5, 0.6) is 23.0 Å². The van der Waals surface area contributed by atoms with Crippen LogP contribution in [-0.4, -0.2) is 32.4 Å². The first-order valence-electron chi connectivity index (χ1n) is 9.87. The predicted molar refractivity (Wildman–Crippen MR) is 115 cm³/mol. The summed E-state index contributed by atoms with van der Waals surface area (Å²) in [4.78, 5) is 4.19. The van der Waals surface area contributed by atoms with Crippen LogP contribution in [0, 0.1) is 11.3 Å². The summed E-state index contributed by atoms with van der Waals surface area (Å²) in [7, 11) is 3.20. The molecule has 0 fully saturated rings. The van der Waals surface area contributed by atoms with Crippen LogP contribution in [0.1, 0.15) is 24.1 Å². The van der Waals surface area contributed by atoms with Crippen molar-refractivity contribution in [1.29, 1.82) is 5.26 Å². The van der Waals surface area contributed by atoms with Crippen molar-refractivity contribution in [3.05, 3.63) is 59.6 Å². The summed E-state index contributed by atoms with van der Waals surface area (Å²) in [6.07, 6.45) is 0.698. The zero-order valence-electron chi connectivity index (χ0n) is 17.8. The van der Waals surface area contributed by atoms with Gasteiger partial charge in [0.1, 0.15) is 17.6 Å². The molecule has 0 aliphatic carbocycles. The van der Waals surface area contributed by atoms with Gasteiger partial charge in [0.25, 0.3) is 0 Å². The summed E-state index contributed by atoms with van der Waals surface area (Å²) >= 11 is 0. The third-order valence-electron chi connectivity index (χ3n) is 4.42. The first kappa shape index (κ1) is 21.8. The molecular weight excluding hydrogens is 398 g/mol. The third kappa shape index (κ3) is 5.82. The fourth-order valence-electron chi connectivity index (χ4n) is 2.92. The molecule has 0 atom stereocenters. The van der Waals surface area contributed by atoms with Gasteiger partial charge in [0.05, 0.1) is 20.8 Å². The van der Waals surface area contributed by atoms with Gasteiger partial charge in [-0.05, 0) is 55.3 Å². The average Bonchev–Trinajstić information content (AvgIpc) is 3.20. The normalized spacial score (nSPS) is 10.3. The van der Waals surface area contributed by atoms with Crippen molar-refractivity contribution < 1.29 is 23.4 Å². The van der Waals surface area contributed by atoms with E-state index in [-0.39, 0.29) is 12.3 Å². The molecule has 1 heterocycles. The summed E-state index contributed by atoms with van der Waals surface area (Å²) in [5.41, 5.74) is 1.25.